The van der Waals surface area contributed by atoms with Crippen LogP contribution in [0.2, 0.25) is 10.0 Å². The van der Waals surface area contributed by atoms with Gasteiger partial charge in [-0.15, -0.1) is 0 Å². The molecule has 6 rings (SSSR count). The second kappa shape index (κ2) is 12.5. The Hall–Kier alpha value is -3.25. The summed E-state index contributed by atoms with van der Waals surface area (Å²) in [4.78, 5) is 27.8. The number of ether oxygens (including phenoxy) is 1. The van der Waals surface area contributed by atoms with Crippen LogP contribution in [-0.4, -0.2) is 54.2 Å². The van der Waals surface area contributed by atoms with E-state index < -0.39 is 75.2 Å². The molecule has 3 fully saturated rings. The van der Waals surface area contributed by atoms with E-state index in [1.54, 1.807) is 48.5 Å². The van der Waals surface area contributed by atoms with Crippen LogP contribution in [0.1, 0.15) is 55.4 Å². The lowest BCUT2D eigenvalue weighted by molar-refractivity contribution is -0.183. The molecule has 0 spiro atoms. The normalized spacial score (nSPS) is 22.7. The zero-order valence-electron chi connectivity index (χ0n) is 23.9. The number of sulfonamides is 1. The van der Waals surface area contributed by atoms with Gasteiger partial charge in [-0.2, -0.15) is 0 Å². The summed E-state index contributed by atoms with van der Waals surface area (Å²) in [5.74, 6) is -3.82. The Morgan fingerprint density at radius 1 is 0.978 bits per heavy atom. The van der Waals surface area contributed by atoms with E-state index in [4.69, 9.17) is 27.9 Å². The number of aliphatic carboxylic acids is 1. The van der Waals surface area contributed by atoms with Crippen LogP contribution in [0.5, 0.6) is 0 Å². The van der Waals surface area contributed by atoms with Gasteiger partial charge in [-0.1, -0.05) is 47.5 Å². The summed E-state index contributed by atoms with van der Waals surface area (Å²) >= 11 is 12.6. The molecular weight excluding hydrogens is 649 g/mol. The number of benzene rings is 3. The smallest absolute Gasteiger partial charge is 0.306 e. The first kappa shape index (κ1) is 31.7. The third kappa shape index (κ3) is 6.67. The molecule has 1 saturated heterocycles. The number of rotatable bonds is 11. The van der Waals surface area contributed by atoms with Crippen LogP contribution in [0, 0.1) is 17.6 Å². The zero-order chi connectivity index (χ0) is 32.0. The molecule has 0 aromatic heterocycles. The van der Waals surface area contributed by atoms with E-state index >= 15 is 4.39 Å². The molecule has 0 radical (unpaired) electrons. The third-order valence-electron chi connectivity index (χ3n) is 8.48. The van der Waals surface area contributed by atoms with Crippen molar-refractivity contribution in [2.24, 2.45) is 5.92 Å². The Bertz CT molecular complexity index is 1720. The first-order chi connectivity index (χ1) is 21.4. The van der Waals surface area contributed by atoms with E-state index in [0.717, 1.165) is 22.5 Å². The van der Waals surface area contributed by atoms with E-state index in [-0.39, 0.29) is 12.5 Å². The van der Waals surface area contributed by atoms with Crippen molar-refractivity contribution in [1.82, 2.24) is 4.90 Å². The molecule has 4 atom stereocenters. The first-order valence-corrected chi connectivity index (χ1v) is 16.9. The van der Waals surface area contributed by atoms with Crippen molar-refractivity contribution >= 4 is 50.8 Å². The fourth-order valence-corrected chi connectivity index (χ4v) is 8.23. The number of anilines is 1. The number of hydrogen-bond acceptors (Lipinski definition) is 5. The van der Waals surface area contributed by atoms with E-state index in [9.17, 15) is 27.5 Å². The number of nitrogens with zero attached hydrogens (tertiary/aromatic N) is 2. The van der Waals surface area contributed by atoms with Crippen molar-refractivity contribution in [3.63, 3.8) is 0 Å². The standard InChI is InChI=1S/C32H30Cl2F2N2O6S/c33-21-8-6-19(7-9-21)30-31(20-2-1-3-22(34)14-20)44-28(16-29(39)40)32(41)38(30)27(18-4-5-18)17-37(45(42,43)24-11-12-24)26-15-23(35)10-13-25(26)36/h1-3,6-10,13-15,18,24,27-28,30-31H,4-5,11-12,16-17H2,(H,39,40)/t27-,28-,30-,31-/m1/s1. The van der Waals surface area contributed by atoms with Gasteiger partial charge < -0.3 is 14.7 Å². The fourth-order valence-electron chi connectivity index (χ4n) is 6.04. The third-order valence-corrected chi connectivity index (χ3v) is 11.2. The van der Waals surface area contributed by atoms with Gasteiger partial charge in [0.1, 0.15) is 23.8 Å². The van der Waals surface area contributed by atoms with Crippen molar-refractivity contribution < 1.29 is 36.6 Å². The summed E-state index contributed by atoms with van der Waals surface area (Å²) in [6.45, 7) is -0.359. The van der Waals surface area contributed by atoms with Gasteiger partial charge in [0, 0.05) is 16.1 Å². The molecule has 0 unspecified atom stereocenters. The number of hydrogen-bond donors (Lipinski definition) is 1. The Morgan fingerprint density at radius 2 is 1.69 bits per heavy atom. The topological polar surface area (TPSA) is 104 Å². The first-order valence-electron chi connectivity index (χ1n) is 14.6. The van der Waals surface area contributed by atoms with Crippen LogP contribution in [0.4, 0.5) is 14.5 Å². The van der Waals surface area contributed by atoms with E-state index in [2.05, 4.69) is 0 Å². The van der Waals surface area contributed by atoms with Gasteiger partial charge in [0.25, 0.3) is 5.91 Å². The van der Waals surface area contributed by atoms with Gasteiger partial charge >= 0.3 is 5.97 Å². The maximum absolute atomic E-state index is 15.3. The maximum atomic E-state index is 15.3. The van der Waals surface area contributed by atoms with Crippen LogP contribution in [-0.2, 0) is 24.3 Å². The van der Waals surface area contributed by atoms with Gasteiger partial charge in [0.15, 0.2) is 0 Å². The van der Waals surface area contributed by atoms with Crippen LogP contribution in [0.15, 0.2) is 66.7 Å². The molecule has 45 heavy (non-hydrogen) atoms. The summed E-state index contributed by atoms with van der Waals surface area (Å²) in [5.41, 5.74) is 0.735. The second-order valence-corrected chi connectivity index (χ2v) is 14.7. The van der Waals surface area contributed by atoms with Crippen LogP contribution in [0.25, 0.3) is 0 Å². The average Bonchev–Trinajstić information content (AvgIpc) is 3.90. The predicted molar refractivity (Wildman–Crippen MR) is 165 cm³/mol. The minimum absolute atomic E-state index is 0.194. The van der Waals surface area contributed by atoms with Gasteiger partial charge in [-0.05, 0) is 79.1 Å². The summed E-state index contributed by atoms with van der Waals surface area (Å²) in [6.07, 6.45) is -0.895. The molecule has 3 aromatic carbocycles. The molecule has 3 aliphatic rings. The van der Waals surface area contributed by atoms with Gasteiger partial charge in [-0.25, -0.2) is 17.2 Å². The molecule has 1 amide bonds. The Kier molecular flexibility index (Phi) is 8.82. The van der Waals surface area contributed by atoms with Gasteiger partial charge in [-0.3, -0.25) is 13.9 Å². The lowest BCUT2D eigenvalue weighted by atomic mass is 9.89. The summed E-state index contributed by atoms with van der Waals surface area (Å²) in [5, 5.41) is 9.80. The summed E-state index contributed by atoms with van der Waals surface area (Å²) < 4.78 is 64.5. The van der Waals surface area contributed by atoms with Crippen LogP contribution in [0.3, 0.4) is 0 Å². The SMILES string of the molecule is O=C(O)C[C@H]1O[C@H](c2cccc(Cl)c2)[C@@H](c2ccc(Cl)cc2)N([C@H](CN(c2cc(F)ccc2F)S(=O)(=O)C2CC2)C2CC2)C1=O. The van der Waals surface area contributed by atoms with Crippen molar-refractivity contribution in [2.45, 2.75) is 61.6 Å². The Balaban J connectivity index is 1.51. The summed E-state index contributed by atoms with van der Waals surface area (Å²) in [6, 6.07) is 14.5. The van der Waals surface area contributed by atoms with E-state index in [0.29, 0.717) is 46.9 Å². The number of amides is 1. The summed E-state index contributed by atoms with van der Waals surface area (Å²) in [7, 11) is -4.14. The molecule has 1 N–H and O–H groups in total. The van der Waals surface area contributed by atoms with Crippen molar-refractivity contribution in [3.8, 4) is 0 Å². The van der Waals surface area contributed by atoms with E-state index in [1.165, 1.54) is 4.90 Å². The number of morpholine rings is 1. The average molecular weight is 680 g/mol. The quantitative estimate of drug-likeness (QED) is 0.247. The highest BCUT2D eigenvalue weighted by atomic mass is 35.5. The monoisotopic (exact) mass is 678 g/mol. The largest absolute Gasteiger partial charge is 0.481 e. The number of carboxylic acid groups (broad SMARTS) is 1. The van der Waals surface area contributed by atoms with Gasteiger partial charge in [0.05, 0.1) is 36.0 Å². The molecule has 1 aliphatic heterocycles. The zero-order valence-corrected chi connectivity index (χ0v) is 26.2. The maximum Gasteiger partial charge on any atom is 0.306 e. The highest BCUT2D eigenvalue weighted by Gasteiger charge is 2.52. The number of carbonyl (C=O) groups is 2. The lowest BCUT2D eigenvalue weighted by Gasteiger charge is -2.49. The number of carbonyl (C=O) groups excluding carboxylic acids is 1. The number of halogens is 4. The highest BCUT2D eigenvalue weighted by Crippen LogP contribution is 2.49. The highest BCUT2D eigenvalue weighted by molar-refractivity contribution is 7.93. The second-order valence-electron chi connectivity index (χ2n) is 11.7. The van der Waals surface area contributed by atoms with E-state index in [1.807, 2.05) is 0 Å². The molecule has 1 heterocycles. The minimum atomic E-state index is -4.14. The van der Waals surface area contributed by atoms with Crippen molar-refractivity contribution in [2.75, 3.05) is 10.8 Å². The number of carboxylic acids is 1. The van der Waals surface area contributed by atoms with Crippen LogP contribution < -0.4 is 4.31 Å². The van der Waals surface area contributed by atoms with Crippen molar-refractivity contribution in [1.29, 1.82) is 0 Å². The predicted octanol–water partition coefficient (Wildman–Crippen LogP) is 6.53. The Morgan fingerprint density at radius 3 is 2.31 bits per heavy atom. The van der Waals surface area contributed by atoms with Gasteiger partial charge in [0.2, 0.25) is 10.0 Å². The minimum Gasteiger partial charge on any atom is -0.481 e. The van der Waals surface area contributed by atoms with Crippen molar-refractivity contribution in [3.05, 3.63) is 99.5 Å². The lowest BCUT2D eigenvalue weighted by Crippen LogP contribution is -2.59. The molecule has 2 saturated carbocycles. The molecule has 0 bridgehead atoms. The fraction of sp³-hybridized carbons (Fsp3) is 0.375. The van der Waals surface area contributed by atoms with Crippen LogP contribution >= 0.6 is 23.2 Å². The molecular formula is C32H30Cl2F2N2O6S. The molecule has 13 heteroatoms. The molecule has 238 valence electrons. The Labute approximate surface area is 269 Å². The molecule has 3 aromatic rings. The molecule has 8 nitrogen and oxygen atoms in total. The molecule has 2 aliphatic carbocycles.